The summed E-state index contributed by atoms with van der Waals surface area (Å²) in [5.74, 6) is -0.600. The topological polar surface area (TPSA) is 76.0 Å². The number of aliphatic hydroxyl groups is 1. The zero-order valence-electron chi connectivity index (χ0n) is 11.5. The molecule has 0 aromatic rings. The van der Waals surface area contributed by atoms with Gasteiger partial charge in [0.2, 0.25) is 0 Å². The molecule has 0 aromatic carbocycles. The quantitative estimate of drug-likeness (QED) is 0.252. The molecule has 1 heterocycles. The molecule has 0 unspecified atom stereocenters. The highest BCUT2D eigenvalue weighted by molar-refractivity contribution is 5.91. The van der Waals surface area contributed by atoms with Crippen molar-refractivity contribution < 1.29 is 24.8 Å². The first-order chi connectivity index (χ1) is 9.46. The van der Waals surface area contributed by atoms with E-state index in [-0.39, 0.29) is 17.4 Å². The van der Waals surface area contributed by atoms with E-state index in [1.54, 1.807) is 0 Å². The van der Waals surface area contributed by atoms with Crippen LogP contribution in [0.1, 0.15) is 32.6 Å². The minimum atomic E-state index is -0.723. The molecule has 2 N–H and O–H groups in total. The number of rotatable bonds is 1. The fourth-order valence-corrected chi connectivity index (χ4v) is 3.76. The molecule has 1 saturated carbocycles. The summed E-state index contributed by atoms with van der Waals surface area (Å²) in [6, 6.07) is 0. The van der Waals surface area contributed by atoms with E-state index in [0.29, 0.717) is 31.3 Å². The van der Waals surface area contributed by atoms with Crippen molar-refractivity contribution in [3.8, 4) is 0 Å². The van der Waals surface area contributed by atoms with Crippen LogP contribution < -0.4 is 0 Å². The lowest BCUT2D eigenvalue weighted by atomic mass is 9.64. The molecular weight excluding hydrogens is 260 g/mol. The van der Waals surface area contributed by atoms with Gasteiger partial charge in [-0.15, -0.1) is 0 Å². The molecule has 5 atom stereocenters. The molecule has 5 heteroatoms. The number of fused-ring (bicyclic) bond motifs is 3. The summed E-state index contributed by atoms with van der Waals surface area (Å²) >= 11 is 0. The number of allylic oxidation sites excluding steroid dienone is 1. The van der Waals surface area contributed by atoms with E-state index < -0.39 is 18.2 Å². The second-order valence-corrected chi connectivity index (χ2v) is 6.42. The summed E-state index contributed by atoms with van der Waals surface area (Å²) in [5.41, 5.74) is 1.05. The van der Waals surface area contributed by atoms with Crippen molar-refractivity contribution >= 4 is 5.97 Å². The first-order valence-corrected chi connectivity index (χ1v) is 7.03. The summed E-state index contributed by atoms with van der Waals surface area (Å²) in [6.07, 6.45) is 3.06. The number of carbonyl (C=O) groups excluding carboxylic acids is 1. The predicted molar refractivity (Wildman–Crippen MR) is 70.7 cm³/mol. The van der Waals surface area contributed by atoms with Crippen LogP contribution in [0.15, 0.2) is 23.8 Å². The van der Waals surface area contributed by atoms with Gasteiger partial charge in [0.1, 0.15) is 12.2 Å². The van der Waals surface area contributed by atoms with Gasteiger partial charge in [-0.1, -0.05) is 19.6 Å². The maximum Gasteiger partial charge on any atom is 0.334 e. The van der Waals surface area contributed by atoms with Gasteiger partial charge >= 0.3 is 5.97 Å². The molecule has 2 fully saturated rings. The maximum absolute atomic E-state index is 11.7. The third-order valence-electron chi connectivity index (χ3n) is 5.14. The van der Waals surface area contributed by atoms with Gasteiger partial charge in [-0.05, 0) is 31.3 Å². The van der Waals surface area contributed by atoms with E-state index in [2.05, 4.69) is 11.5 Å². The van der Waals surface area contributed by atoms with Crippen LogP contribution in [0, 0.1) is 11.3 Å². The van der Waals surface area contributed by atoms with E-state index in [0.717, 1.165) is 5.57 Å². The van der Waals surface area contributed by atoms with Gasteiger partial charge in [0, 0.05) is 16.9 Å². The molecule has 1 saturated heterocycles. The van der Waals surface area contributed by atoms with Crippen LogP contribution in [0.4, 0.5) is 0 Å². The molecule has 3 rings (SSSR count). The van der Waals surface area contributed by atoms with Crippen LogP contribution in [0.3, 0.4) is 0 Å². The normalized spacial score (nSPS) is 46.9. The van der Waals surface area contributed by atoms with Crippen molar-refractivity contribution in [1.29, 1.82) is 0 Å². The molecular formula is C15H20O5. The molecule has 1 aliphatic heterocycles. The first-order valence-electron chi connectivity index (χ1n) is 7.03. The van der Waals surface area contributed by atoms with Crippen molar-refractivity contribution in [2.45, 2.75) is 50.9 Å². The van der Waals surface area contributed by atoms with E-state index in [4.69, 9.17) is 9.99 Å². The van der Waals surface area contributed by atoms with Gasteiger partial charge in [0.15, 0.2) is 0 Å². The van der Waals surface area contributed by atoms with Gasteiger partial charge < -0.3 is 9.84 Å². The first kappa shape index (κ1) is 13.8. The van der Waals surface area contributed by atoms with Crippen molar-refractivity contribution in [1.82, 2.24) is 0 Å². The zero-order valence-corrected chi connectivity index (χ0v) is 11.5. The molecule has 2 aliphatic carbocycles. The van der Waals surface area contributed by atoms with Crippen LogP contribution in [-0.2, 0) is 14.4 Å². The number of aliphatic hydroxyl groups excluding tert-OH is 1. The Kier molecular flexibility index (Phi) is 3.23. The minimum absolute atomic E-state index is 0.190. The Morgan fingerprint density at radius 2 is 2.30 bits per heavy atom. The van der Waals surface area contributed by atoms with Crippen LogP contribution in [0.2, 0.25) is 0 Å². The molecule has 0 spiro atoms. The van der Waals surface area contributed by atoms with Crippen LogP contribution in [0.5, 0.6) is 0 Å². The summed E-state index contributed by atoms with van der Waals surface area (Å²) in [6.45, 7) is 5.78. The highest BCUT2D eigenvalue weighted by Crippen LogP contribution is 2.49. The number of ether oxygens (including phenoxy) is 1. The average Bonchev–Trinajstić information content (AvgIpc) is 2.71. The summed E-state index contributed by atoms with van der Waals surface area (Å²) in [5, 5.41) is 19.7. The fourth-order valence-electron chi connectivity index (χ4n) is 3.76. The fraction of sp³-hybridized carbons (Fsp3) is 0.667. The van der Waals surface area contributed by atoms with E-state index >= 15 is 0 Å². The summed E-state index contributed by atoms with van der Waals surface area (Å²) < 4.78 is 5.34. The van der Waals surface area contributed by atoms with Crippen LogP contribution in [-0.4, -0.2) is 34.6 Å². The second kappa shape index (κ2) is 4.69. The number of esters is 1. The highest BCUT2D eigenvalue weighted by atomic mass is 17.1. The largest absolute Gasteiger partial charge is 0.456 e. The van der Waals surface area contributed by atoms with Crippen molar-refractivity contribution in [2.75, 3.05) is 0 Å². The molecule has 110 valence electrons. The van der Waals surface area contributed by atoms with Crippen molar-refractivity contribution in [3.05, 3.63) is 23.8 Å². The Hall–Kier alpha value is -1.17. The molecule has 20 heavy (non-hydrogen) atoms. The predicted octanol–water partition coefficient (Wildman–Crippen LogP) is 1.82. The molecule has 0 aromatic heterocycles. The Morgan fingerprint density at radius 1 is 1.55 bits per heavy atom. The van der Waals surface area contributed by atoms with Gasteiger partial charge in [0.25, 0.3) is 0 Å². The lowest BCUT2D eigenvalue weighted by Crippen LogP contribution is -2.48. The monoisotopic (exact) mass is 280 g/mol. The van der Waals surface area contributed by atoms with Crippen molar-refractivity contribution in [3.63, 3.8) is 0 Å². The van der Waals surface area contributed by atoms with E-state index in [9.17, 15) is 9.90 Å². The van der Waals surface area contributed by atoms with E-state index in [1.165, 1.54) is 0 Å². The standard InChI is InChI=1S/C15H20O5/c1-8-10-4-3-9-7-15(2,6-5-11(9)20-18)13(16)12(10)19-14(8)17/h3,10-13,16,18H,1,4-7H2,2H3/b9-3-/t10-,11-,12+,13+,15+/m1/s1. The average molecular weight is 280 g/mol. The molecule has 2 bridgehead atoms. The molecule has 3 aliphatic rings. The SMILES string of the molecule is C=C1C(=O)O[C@H]2[C@@H]1C/C=C1/C[C@](C)(CC[C@H]1OO)[C@H]2O. The number of hydrogen-bond acceptors (Lipinski definition) is 5. The summed E-state index contributed by atoms with van der Waals surface area (Å²) in [7, 11) is 0. The minimum Gasteiger partial charge on any atom is -0.456 e. The van der Waals surface area contributed by atoms with Crippen molar-refractivity contribution in [2.24, 2.45) is 11.3 Å². The smallest absolute Gasteiger partial charge is 0.334 e. The third-order valence-corrected chi connectivity index (χ3v) is 5.14. The summed E-state index contributed by atoms with van der Waals surface area (Å²) in [4.78, 5) is 16.3. The van der Waals surface area contributed by atoms with Gasteiger partial charge in [0.05, 0.1) is 6.10 Å². The van der Waals surface area contributed by atoms with Gasteiger partial charge in [-0.2, -0.15) is 0 Å². The molecule has 5 nitrogen and oxygen atoms in total. The van der Waals surface area contributed by atoms with E-state index in [1.807, 2.05) is 13.0 Å². The third kappa shape index (κ3) is 1.92. The molecule has 0 amide bonds. The second-order valence-electron chi connectivity index (χ2n) is 6.42. The zero-order chi connectivity index (χ0) is 14.5. The Bertz CT molecular complexity index is 483. The number of carbonyl (C=O) groups is 1. The Morgan fingerprint density at radius 3 is 3.00 bits per heavy atom. The lowest BCUT2D eigenvalue weighted by molar-refractivity contribution is -0.276. The highest BCUT2D eigenvalue weighted by Gasteiger charge is 2.51. The Balaban J connectivity index is 1.99. The Labute approximate surface area is 117 Å². The van der Waals surface area contributed by atoms with Gasteiger partial charge in [-0.25, -0.2) is 9.68 Å². The van der Waals surface area contributed by atoms with Crippen LogP contribution >= 0.6 is 0 Å². The lowest BCUT2D eigenvalue weighted by Gasteiger charge is -2.45. The maximum atomic E-state index is 11.7. The molecule has 0 radical (unpaired) electrons. The number of hydrogen-bond donors (Lipinski definition) is 2. The van der Waals surface area contributed by atoms with Gasteiger partial charge in [-0.3, -0.25) is 5.26 Å². The van der Waals surface area contributed by atoms with Crippen LogP contribution in [0.25, 0.3) is 0 Å².